The summed E-state index contributed by atoms with van der Waals surface area (Å²) in [5.74, 6) is -0.265. The smallest absolute Gasteiger partial charge is 0.275 e. The van der Waals surface area contributed by atoms with Crippen molar-refractivity contribution in [1.29, 1.82) is 5.41 Å². The van der Waals surface area contributed by atoms with Gasteiger partial charge in [0.05, 0.1) is 25.0 Å². The first-order valence-corrected chi connectivity index (χ1v) is 10.8. The number of guanidine groups is 1. The second-order valence-corrected chi connectivity index (χ2v) is 10.1. The van der Waals surface area contributed by atoms with Crippen molar-refractivity contribution in [3.8, 4) is 5.88 Å². The van der Waals surface area contributed by atoms with Crippen LogP contribution in [0.5, 0.6) is 5.88 Å². The van der Waals surface area contributed by atoms with Crippen LogP contribution >= 0.6 is 0 Å². The summed E-state index contributed by atoms with van der Waals surface area (Å²) in [6, 6.07) is 5.44. The van der Waals surface area contributed by atoms with E-state index in [9.17, 15) is 13.2 Å². The Bertz CT molecular complexity index is 1190. The van der Waals surface area contributed by atoms with Crippen LogP contribution in [-0.2, 0) is 22.0 Å². The number of hydrogen-bond acceptors (Lipinski definition) is 7. The summed E-state index contributed by atoms with van der Waals surface area (Å²) in [6.07, 6.45) is 4.28. The lowest BCUT2D eigenvalue weighted by Crippen LogP contribution is -2.72. The fourth-order valence-electron chi connectivity index (χ4n) is 4.53. The van der Waals surface area contributed by atoms with Crippen LogP contribution in [0.2, 0.25) is 0 Å². The number of ether oxygens (including phenoxy) is 1. The third-order valence-corrected chi connectivity index (χ3v) is 8.98. The number of rotatable bonds is 3. The minimum absolute atomic E-state index is 0.133. The predicted octanol–water partition coefficient (Wildman–Crippen LogP) is 0.821. The van der Waals surface area contributed by atoms with Crippen molar-refractivity contribution in [3.05, 3.63) is 47.4 Å². The second-order valence-electron chi connectivity index (χ2n) is 7.79. The molecule has 1 aromatic heterocycles. The summed E-state index contributed by atoms with van der Waals surface area (Å²) in [4.78, 5) is 20.5. The molecule has 1 saturated carbocycles. The second kappa shape index (κ2) is 5.91. The molecule has 1 atom stereocenters. The SMILES string of the molecule is COc1cnc(C(=O)Nc2ccc3c(c2)[C@@]2(C3)NC(=N)N(C)S(=O)(=O)C23CC3)cn1. The van der Waals surface area contributed by atoms with Gasteiger partial charge in [0.1, 0.15) is 10.4 Å². The molecule has 10 nitrogen and oxygen atoms in total. The van der Waals surface area contributed by atoms with Crippen LogP contribution in [0.3, 0.4) is 0 Å². The lowest BCUT2D eigenvalue weighted by atomic mass is 9.67. The molecule has 1 amide bonds. The monoisotopic (exact) mass is 428 g/mol. The quantitative estimate of drug-likeness (QED) is 0.658. The van der Waals surface area contributed by atoms with Crippen molar-refractivity contribution in [2.24, 2.45) is 0 Å². The van der Waals surface area contributed by atoms with E-state index in [0.29, 0.717) is 30.8 Å². The Morgan fingerprint density at radius 1 is 1.30 bits per heavy atom. The molecule has 3 aliphatic rings. The fourth-order valence-corrected chi connectivity index (χ4v) is 6.63. The van der Waals surface area contributed by atoms with Crippen molar-refractivity contribution in [1.82, 2.24) is 19.6 Å². The van der Waals surface area contributed by atoms with Crippen molar-refractivity contribution in [2.45, 2.75) is 29.5 Å². The molecule has 11 heteroatoms. The number of benzene rings is 1. The van der Waals surface area contributed by atoms with E-state index in [0.717, 1.165) is 15.4 Å². The lowest BCUT2D eigenvalue weighted by molar-refractivity contribution is 0.102. The van der Waals surface area contributed by atoms with E-state index in [-0.39, 0.29) is 11.7 Å². The molecule has 2 aromatic rings. The van der Waals surface area contributed by atoms with E-state index in [2.05, 4.69) is 20.6 Å². The number of amides is 1. The Balaban J connectivity index is 1.47. The van der Waals surface area contributed by atoms with Gasteiger partial charge in [-0.2, -0.15) is 0 Å². The van der Waals surface area contributed by atoms with E-state index in [1.165, 1.54) is 26.6 Å². The topological polar surface area (TPSA) is 137 Å². The zero-order chi connectivity index (χ0) is 21.3. The molecule has 2 heterocycles. The zero-order valence-electron chi connectivity index (χ0n) is 16.4. The Hall–Kier alpha value is -3.21. The van der Waals surface area contributed by atoms with E-state index >= 15 is 0 Å². The third kappa shape index (κ3) is 2.26. The molecular formula is C19H20N6O4S. The average Bonchev–Trinajstić information content (AvgIpc) is 3.54. The summed E-state index contributed by atoms with van der Waals surface area (Å²) in [7, 11) is -0.776. The van der Waals surface area contributed by atoms with E-state index in [1.807, 2.05) is 6.07 Å². The maximum Gasteiger partial charge on any atom is 0.275 e. The maximum atomic E-state index is 13.1. The largest absolute Gasteiger partial charge is 0.480 e. The first-order chi connectivity index (χ1) is 14.2. The van der Waals surface area contributed by atoms with Crippen LogP contribution in [0.4, 0.5) is 5.69 Å². The fraction of sp³-hybridized carbons (Fsp3) is 0.368. The molecule has 1 saturated heterocycles. The molecule has 30 heavy (non-hydrogen) atoms. The molecule has 0 radical (unpaired) electrons. The molecule has 0 unspecified atom stereocenters. The minimum atomic E-state index is -3.65. The van der Waals surface area contributed by atoms with E-state index in [4.69, 9.17) is 10.1 Å². The molecule has 0 bridgehead atoms. The van der Waals surface area contributed by atoms with Crippen molar-refractivity contribution >= 4 is 27.6 Å². The van der Waals surface area contributed by atoms with E-state index < -0.39 is 26.2 Å². The first kappa shape index (κ1) is 18.8. The van der Waals surface area contributed by atoms with Crippen LogP contribution in [0.25, 0.3) is 0 Å². The highest BCUT2D eigenvalue weighted by Crippen LogP contribution is 2.63. The number of nitrogens with one attached hydrogen (secondary N) is 3. The van der Waals surface area contributed by atoms with Gasteiger partial charge in [-0.3, -0.25) is 10.2 Å². The third-order valence-electron chi connectivity index (χ3n) is 6.34. The Morgan fingerprint density at radius 3 is 2.70 bits per heavy atom. The van der Waals surface area contributed by atoms with Crippen LogP contribution in [0.1, 0.15) is 34.5 Å². The zero-order valence-corrected chi connectivity index (χ0v) is 17.2. The average molecular weight is 428 g/mol. The Kier molecular flexibility index (Phi) is 3.70. The van der Waals surface area contributed by atoms with Gasteiger partial charge in [0.2, 0.25) is 21.9 Å². The van der Waals surface area contributed by atoms with Gasteiger partial charge in [0.25, 0.3) is 5.91 Å². The van der Waals surface area contributed by atoms with Gasteiger partial charge in [-0.1, -0.05) is 6.07 Å². The number of sulfonamides is 1. The minimum Gasteiger partial charge on any atom is -0.480 e. The molecule has 1 aromatic carbocycles. The molecule has 5 rings (SSSR count). The van der Waals surface area contributed by atoms with Crippen molar-refractivity contribution < 1.29 is 17.9 Å². The van der Waals surface area contributed by atoms with Crippen LogP contribution in [0.15, 0.2) is 30.6 Å². The van der Waals surface area contributed by atoms with Crippen LogP contribution < -0.4 is 15.4 Å². The number of methoxy groups -OCH3 is 1. The number of hydrogen-bond donors (Lipinski definition) is 3. The van der Waals surface area contributed by atoms with Gasteiger partial charge >= 0.3 is 0 Å². The molecule has 2 spiro atoms. The summed E-state index contributed by atoms with van der Waals surface area (Å²) < 4.78 is 31.2. The van der Waals surface area contributed by atoms with Gasteiger partial charge in [-0.15, -0.1) is 0 Å². The van der Waals surface area contributed by atoms with Gasteiger partial charge in [-0.25, -0.2) is 22.7 Å². The molecule has 2 aliphatic carbocycles. The van der Waals surface area contributed by atoms with Crippen LogP contribution in [-0.4, -0.2) is 53.5 Å². The first-order valence-electron chi connectivity index (χ1n) is 9.40. The summed E-state index contributed by atoms with van der Waals surface area (Å²) in [6.45, 7) is 0. The number of nitrogens with zero attached hydrogens (tertiary/aromatic N) is 3. The Labute approximate surface area is 173 Å². The number of carbonyl (C=O) groups excluding carboxylic acids is 1. The number of anilines is 1. The predicted molar refractivity (Wildman–Crippen MR) is 108 cm³/mol. The maximum absolute atomic E-state index is 13.1. The lowest BCUT2D eigenvalue weighted by Gasteiger charge is -2.54. The van der Waals surface area contributed by atoms with Crippen molar-refractivity contribution in [2.75, 3.05) is 19.5 Å². The van der Waals surface area contributed by atoms with Gasteiger partial charge in [-0.05, 0) is 36.1 Å². The molecular weight excluding hydrogens is 408 g/mol. The molecule has 2 fully saturated rings. The highest BCUT2D eigenvalue weighted by molar-refractivity contribution is 7.91. The Morgan fingerprint density at radius 2 is 2.07 bits per heavy atom. The highest BCUT2D eigenvalue weighted by Gasteiger charge is 2.75. The normalized spacial score (nSPS) is 24.6. The highest BCUT2D eigenvalue weighted by atomic mass is 32.2. The molecule has 1 aliphatic heterocycles. The van der Waals surface area contributed by atoms with Gasteiger partial charge < -0.3 is 15.4 Å². The van der Waals surface area contributed by atoms with Gasteiger partial charge in [0.15, 0.2) is 0 Å². The summed E-state index contributed by atoms with van der Waals surface area (Å²) in [5.41, 5.74) is 1.62. The van der Waals surface area contributed by atoms with E-state index in [1.54, 1.807) is 12.1 Å². The molecule has 156 valence electrons. The standard InChI is InChI=1S/C19H20N6O4S/c1-25-17(20)24-19(18(5-6-18)30(25,27)28)8-11-3-4-12(7-13(11)19)23-16(26)14-9-22-15(29-2)10-21-14/h3-4,7,9-10H,5-6,8H2,1-2H3,(H2,20,24)(H,23,26)/t19-/m1/s1. The summed E-state index contributed by atoms with van der Waals surface area (Å²) in [5, 5.41) is 14.1. The van der Waals surface area contributed by atoms with Crippen LogP contribution in [0, 0.1) is 5.41 Å². The number of fused-ring (bicyclic) bond motifs is 3. The number of carbonyl (C=O) groups is 1. The molecule has 3 N–H and O–H groups in total. The van der Waals surface area contributed by atoms with Gasteiger partial charge in [0, 0.05) is 19.2 Å². The van der Waals surface area contributed by atoms with Crippen molar-refractivity contribution in [3.63, 3.8) is 0 Å². The summed E-state index contributed by atoms with van der Waals surface area (Å²) >= 11 is 0. The number of aromatic nitrogens is 2.